The Bertz CT molecular complexity index is 1190. The molecule has 0 atom stereocenters. The molecule has 1 amide bonds. The zero-order valence-corrected chi connectivity index (χ0v) is 25.1. The van der Waals surface area contributed by atoms with Crippen LogP contribution in [0.3, 0.4) is 0 Å². The summed E-state index contributed by atoms with van der Waals surface area (Å²) < 4.78 is 17.4. The predicted octanol–water partition coefficient (Wildman–Crippen LogP) is 3.44. The maximum atomic E-state index is 13.4. The van der Waals surface area contributed by atoms with E-state index in [1.807, 2.05) is 13.8 Å². The SMILES string of the molecule is CC(=O)CCOCC(COCCC(C)=O)(COCCC(=O)C(C)C)NC(=O)c1ccc(-c2ccc(C(C)=O)nc2)nc1. The molecular weight excluding hydrogens is 542 g/mol. The van der Waals surface area contributed by atoms with Gasteiger partial charge in [0.15, 0.2) is 5.78 Å². The van der Waals surface area contributed by atoms with Crippen LogP contribution in [-0.4, -0.2) is 84.2 Å². The molecule has 0 aliphatic rings. The number of hydrogen-bond acceptors (Lipinski definition) is 10. The van der Waals surface area contributed by atoms with E-state index in [-0.39, 0.29) is 93.5 Å². The minimum absolute atomic E-state index is 0.0378. The average molecular weight is 584 g/mol. The zero-order chi connectivity index (χ0) is 31.1. The molecule has 0 aromatic carbocycles. The van der Waals surface area contributed by atoms with Gasteiger partial charge in [0.05, 0.1) is 50.9 Å². The topological polar surface area (TPSA) is 151 Å². The van der Waals surface area contributed by atoms with Gasteiger partial charge in [0, 0.05) is 50.1 Å². The number of ketones is 4. The third kappa shape index (κ3) is 12.1. The lowest BCUT2D eigenvalue weighted by Crippen LogP contribution is -2.58. The molecule has 1 N–H and O–H groups in total. The molecule has 0 aliphatic heterocycles. The number of ether oxygens (including phenoxy) is 3. The summed E-state index contributed by atoms with van der Waals surface area (Å²) in [6, 6.07) is 6.62. The first-order valence-corrected chi connectivity index (χ1v) is 13.9. The number of nitrogens with zero attached hydrogens (tertiary/aromatic N) is 2. The molecule has 0 unspecified atom stereocenters. The van der Waals surface area contributed by atoms with Crippen LogP contribution >= 0.6 is 0 Å². The van der Waals surface area contributed by atoms with E-state index in [2.05, 4.69) is 15.3 Å². The van der Waals surface area contributed by atoms with Crippen LogP contribution in [0.25, 0.3) is 11.3 Å². The van der Waals surface area contributed by atoms with Gasteiger partial charge in [-0.25, -0.2) is 0 Å². The van der Waals surface area contributed by atoms with E-state index >= 15 is 0 Å². The second-order valence-corrected chi connectivity index (χ2v) is 10.6. The number of carbonyl (C=O) groups excluding carboxylic acids is 5. The van der Waals surface area contributed by atoms with Crippen molar-refractivity contribution in [3.8, 4) is 11.3 Å². The van der Waals surface area contributed by atoms with E-state index in [9.17, 15) is 24.0 Å². The maximum Gasteiger partial charge on any atom is 0.253 e. The Balaban J connectivity index is 2.23. The number of hydrogen-bond donors (Lipinski definition) is 1. The summed E-state index contributed by atoms with van der Waals surface area (Å²) in [4.78, 5) is 68.3. The second-order valence-electron chi connectivity index (χ2n) is 10.6. The fourth-order valence-electron chi connectivity index (χ4n) is 3.69. The van der Waals surface area contributed by atoms with Crippen LogP contribution in [0.5, 0.6) is 0 Å². The van der Waals surface area contributed by atoms with Crippen LogP contribution in [-0.2, 0) is 28.6 Å². The number of Topliss-reactive ketones (excluding diaryl/α,β-unsaturated/α-hetero) is 4. The number of amides is 1. The smallest absolute Gasteiger partial charge is 0.253 e. The van der Waals surface area contributed by atoms with E-state index in [0.717, 1.165) is 0 Å². The van der Waals surface area contributed by atoms with Crippen molar-refractivity contribution < 1.29 is 38.2 Å². The van der Waals surface area contributed by atoms with Crippen molar-refractivity contribution in [2.75, 3.05) is 39.6 Å². The largest absolute Gasteiger partial charge is 0.378 e. The van der Waals surface area contributed by atoms with E-state index in [0.29, 0.717) is 17.0 Å². The molecule has 0 bridgehead atoms. The summed E-state index contributed by atoms with van der Waals surface area (Å²) in [5.74, 6) is -0.757. The molecule has 2 aromatic rings. The number of aromatic nitrogens is 2. The zero-order valence-electron chi connectivity index (χ0n) is 25.1. The fourth-order valence-corrected chi connectivity index (χ4v) is 3.69. The lowest BCUT2D eigenvalue weighted by molar-refractivity contribution is -0.123. The highest BCUT2D eigenvalue weighted by Gasteiger charge is 2.34. The highest BCUT2D eigenvalue weighted by Crippen LogP contribution is 2.18. The fraction of sp³-hybridized carbons (Fsp3) is 0.516. The van der Waals surface area contributed by atoms with E-state index < -0.39 is 11.4 Å². The van der Waals surface area contributed by atoms with Crippen molar-refractivity contribution in [2.45, 2.75) is 59.4 Å². The molecule has 228 valence electrons. The van der Waals surface area contributed by atoms with Crippen LogP contribution in [0.2, 0.25) is 0 Å². The first-order valence-electron chi connectivity index (χ1n) is 13.9. The average Bonchev–Trinajstić information content (AvgIpc) is 2.95. The minimum atomic E-state index is -1.18. The second kappa shape index (κ2) is 17.3. The summed E-state index contributed by atoms with van der Waals surface area (Å²) in [6.07, 6.45) is 3.58. The van der Waals surface area contributed by atoms with Crippen LogP contribution < -0.4 is 5.32 Å². The summed E-state index contributed by atoms with van der Waals surface area (Å²) in [6.45, 7) is 8.29. The van der Waals surface area contributed by atoms with Crippen molar-refractivity contribution in [3.63, 3.8) is 0 Å². The number of carbonyl (C=O) groups is 5. The van der Waals surface area contributed by atoms with Crippen molar-refractivity contribution >= 4 is 29.0 Å². The Morgan fingerprint density at radius 2 is 1.33 bits per heavy atom. The molecule has 0 saturated carbocycles. The molecule has 2 rings (SSSR count). The van der Waals surface area contributed by atoms with Gasteiger partial charge in [-0.15, -0.1) is 0 Å². The van der Waals surface area contributed by atoms with Crippen molar-refractivity contribution in [1.82, 2.24) is 15.3 Å². The standard InChI is InChI=1S/C31H41N3O8/c1-21(2)29(38)12-15-42-20-31(18-40-13-10-22(3)35,19-41-14-11-23(4)36)34-30(39)26-7-9-28(33-17-26)25-6-8-27(24(5)37)32-16-25/h6-9,16-17,21H,10-15,18-20H2,1-5H3,(H,34,39). The number of nitrogens with one attached hydrogen (secondary N) is 1. The van der Waals surface area contributed by atoms with Crippen LogP contribution in [0, 0.1) is 5.92 Å². The van der Waals surface area contributed by atoms with Gasteiger partial charge in [0.2, 0.25) is 0 Å². The highest BCUT2D eigenvalue weighted by atomic mass is 16.5. The van der Waals surface area contributed by atoms with E-state index in [4.69, 9.17) is 14.2 Å². The van der Waals surface area contributed by atoms with Gasteiger partial charge in [-0.3, -0.25) is 33.9 Å². The lowest BCUT2D eigenvalue weighted by atomic mass is 10.0. The van der Waals surface area contributed by atoms with Crippen LogP contribution in [0.4, 0.5) is 0 Å². The summed E-state index contributed by atoms with van der Waals surface area (Å²) in [5.41, 5.74) is 0.676. The van der Waals surface area contributed by atoms with Gasteiger partial charge < -0.3 is 19.5 Å². The molecule has 11 nitrogen and oxygen atoms in total. The number of pyridine rings is 2. The molecule has 0 aliphatic carbocycles. The Morgan fingerprint density at radius 1 is 0.762 bits per heavy atom. The van der Waals surface area contributed by atoms with Crippen LogP contribution in [0.1, 0.15) is 74.7 Å². The molecular formula is C31H41N3O8. The molecule has 2 heterocycles. The normalized spacial score (nSPS) is 11.4. The van der Waals surface area contributed by atoms with E-state index in [1.165, 1.54) is 27.0 Å². The first kappa shape index (κ1) is 34.5. The molecule has 0 radical (unpaired) electrons. The van der Waals surface area contributed by atoms with Crippen molar-refractivity contribution in [1.29, 1.82) is 0 Å². The first-order chi connectivity index (χ1) is 19.9. The minimum Gasteiger partial charge on any atom is -0.378 e. The Kier molecular flexibility index (Phi) is 14.2. The third-order valence-electron chi connectivity index (χ3n) is 6.29. The lowest BCUT2D eigenvalue weighted by Gasteiger charge is -2.34. The Labute approximate surface area is 246 Å². The summed E-state index contributed by atoms with van der Waals surface area (Å²) in [5, 5.41) is 2.95. The number of rotatable bonds is 20. The molecule has 42 heavy (non-hydrogen) atoms. The monoisotopic (exact) mass is 583 g/mol. The molecule has 0 fully saturated rings. The van der Waals surface area contributed by atoms with Gasteiger partial charge in [-0.05, 0) is 38.1 Å². The maximum absolute atomic E-state index is 13.4. The van der Waals surface area contributed by atoms with Gasteiger partial charge in [-0.2, -0.15) is 0 Å². The van der Waals surface area contributed by atoms with E-state index in [1.54, 1.807) is 30.5 Å². The van der Waals surface area contributed by atoms with Gasteiger partial charge in [0.1, 0.15) is 28.6 Å². The third-order valence-corrected chi connectivity index (χ3v) is 6.29. The summed E-state index contributed by atoms with van der Waals surface area (Å²) >= 11 is 0. The molecule has 0 saturated heterocycles. The van der Waals surface area contributed by atoms with Crippen LogP contribution in [0.15, 0.2) is 36.7 Å². The predicted molar refractivity (Wildman–Crippen MR) is 155 cm³/mol. The van der Waals surface area contributed by atoms with Gasteiger partial charge in [-0.1, -0.05) is 13.8 Å². The van der Waals surface area contributed by atoms with Gasteiger partial charge >= 0.3 is 0 Å². The van der Waals surface area contributed by atoms with Crippen molar-refractivity contribution in [3.05, 3.63) is 47.9 Å². The molecule has 11 heteroatoms. The molecule has 0 spiro atoms. The Hall–Kier alpha value is -3.67. The molecule has 2 aromatic heterocycles. The summed E-state index contributed by atoms with van der Waals surface area (Å²) in [7, 11) is 0. The van der Waals surface area contributed by atoms with Gasteiger partial charge in [0.25, 0.3) is 5.91 Å². The quantitative estimate of drug-likeness (QED) is 0.181. The van der Waals surface area contributed by atoms with Crippen molar-refractivity contribution in [2.24, 2.45) is 5.92 Å². The Morgan fingerprint density at radius 3 is 1.76 bits per heavy atom. The highest BCUT2D eigenvalue weighted by molar-refractivity contribution is 5.95.